The number of rotatable bonds is 3. The van der Waals surface area contributed by atoms with Crippen molar-refractivity contribution in [2.75, 3.05) is 5.75 Å². The largest absolute Gasteiger partial charge is 0.0900 e. The van der Waals surface area contributed by atoms with Gasteiger partial charge in [0.2, 0.25) is 0 Å². The molecule has 2 atom stereocenters. The minimum Gasteiger partial charge on any atom is -0.0900 e. The lowest BCUT2D eigenvalue weighted by Gasteiger charge is -2.07. The van der Waals surface area contributed by atoms with Gasteiger partial charge in [0.25, 0.3) is 0 Å². The maximum atomic E-state index is 2.42. The van der Waals surface area contributed by atoms with E-state index >= 15 is 0 Å². The Labute approximate surface area is 96.2 Å². The SMILES string of the molecule is CCCC1CC(C2=CCSS2)SS1. The van der Waals surface area contributed by atoms with E-state index in [-0.39, 0.29) is 0 Å². The van der Waals surface area contributed by atoms with Gasteiger partial charge in [0.05, 0.1) is 0 Å². The van der Waals surface area contributed by atoms with Crippen LogP contribution in [0, 0.1) is 0 Å². The Morgan fingerprint density at radius 1 is 1.46 bits per heavy atom. The monoisotopic (exact) mass is 250 g/mol. The quantitative estimate of drug-likeness (QED) is 0.672. The molecule has 0 bridgehead atoms. The fourth-order valence-electron chi connectivity index (χ4n) is 1.55. The Kier molecular flexibility index (Phi) is 4.33. The lowest BCUT2D eigenvalue weighted by Crippen LogP contribution is -2.04. The van der Waals surface area contributed by atoms with E-state index in [1.54, 1.807) is 4.91 Å². The van der Waals surface area contributed by atoms with Crippen LogP contribution in [0.2, 0.25) is 0 Å². The molecular formula is C9H14S4. The van der Waals surface area contributed by atoms with E-state index < -0.39 is 0 Å². The molecule has 4 heteroatoms. The molecule has 2 heterocycles. The van der Waals surface area contributed by atoms with E-state index in [2.05, 4.69) is 34.6 Å². The first-order chi connectivity index (χ1) is 6.40. The van der Waals surface area contributed by atoms with Crippen molar-refractivity contribution >= 4 is 43.2 Å². The molecule has 0 N–H and O–H groups in total. The summed E-state index contributed by atoms with van der Waals surface area (Å²) < 4.78 is 0. The van der Waals surface area contributed by atoms with Crippen LogP contribution in [0.4, 0.5) is 0 Å². The van der Waals surface area contributed by atoms with E-state index in [9.17, 15) is 0 Å². The highest BCUT2D eigenvalue weighted by molar-refractivity contribution is 8.80. The van der Waals surface area contributed by atoms with Gasteiger partial charge in [0.15, 0.2) is 0 Å². The van der Waals surface area contributed by atoms with Gasteiger partial charge in [-0.2, -0.15) is 0 Å². The summed E-state index contributed by atoms with van der Waals surface area (Å²) in [5, 5.41) is 1.74. The third-order valence-corrected chi connectivity index (χ3v) is 8.11. The van der Waals surface area contributed by atoms with Gasteiger partial charge in [0, 0.05) is 21.2 Å². The Morgan fingerprint density at radius 3 is 3.08 bits per heavy atom. The maximum Gasteiger partial charge on any atom is 0.0477 e. The molecule has 0 nitrogen and oxygen atoms in total. The van der Waals surface area contributed by atoms with Gasteiger partial charge in [-0.25, -0.2) is 0 Å². The molecule has 0 amide bonds. The fraction of sp³-hybridized carbons (Fsp3) is 0.778. The van der Waals surface area contributed by atoms with Crippen LogP contribution >= 0.6 is 43.2 Å². The van der Waals surface area contributed by atoms with Gasteiger partial charge < -0.3 is 0 Å². The summed E-state index contributed by atoms with van der Waals surface area (Å²) in [5.41, 5.74) is 0. The first-order valence-electron chi connectivity index (χ1n) is 4.71. The van der Waals surface area contributed by atoms with Crippen molar-refractivity contribution < 1.29 is 0 Å². The summed E-state index contributed by atoms with van der Waals surface area (Å²) in [6, 6.07) is 0. The summed E-state index contributed by atoms with van der Waals surface area (Å²) >= 11 is 0. The Hall–Kier alpha value is 1.14. The van der Waals surface area contributed by atoms with E-state index in [1.807, 2.05) is 21.6 Å². The minimum absolute atomic E-state index is 0.821. The molecule has 1 saturated heterocycles. The summed E-state index contributed by atoms with van der Waals surface area (Å²) in [6.45, 7) is 2.29. The normalized spacial score (nSPS) is 33.8. The van der Waals surface area contributed by atoms with Crippen LogP contribution in [0.3, 0.4) is 0 Å². The molecule has 2 rings (SSSR count). The highest BCUT2D eigenvalue weighted by atomic mass is 33.1. The molecule has 2 aliphatic rings. The molecule has 0 aromatic rings. The standard InChI is InChI=1S/C9H14S4/c1-2-3-7-6-9(13-11-7)8-4-5-10-12-8/h4,7,9H,2-3,5-6H2,1H3. The number of hydrogen-bond acceptors (Lipinski definition) is 4. The second kappa shape index (κ2) is 5.29. The van der Waals surface area contributed by atoms with E-state index in [0.29, 0.717) is 0 Å². The topological polar surface area (TPSA) is 0 Å². The first kappa shape index (κ1) is 10.7. The number of hydrogen-bond donors (Lipinski definition) is 0. The second-order valence-corrected chi connectivity index (χ2v) is 8.49. The molecule has 0 spiro atoms. The summed E-state index contributed by atoms with van der Waals surface area (Å²) in [5.74, 6) is 1.22. The van der Waals surface area contributed by atoms with Gasteiger partial charge in [-0.15, -0.1) is 0 Å². The highest BCUT2D eigenvalue weighted by Crippen LogP contribution is 2.53. The predicted octanol–water partition coefficient (Wildman–Crippen LogP) is 4.59. The molecule has 1 fully saturated rings. The molecule has 2 unspecified atom stereocenters. The van der Waals surface area contributed by atoms with Crippen molar-refractivity contribution in [2.24, 2.45) is 0 Å². The minimum atomic E-state index is 0.821. The second-order valence-electron chi connectivity index (χ2n) is 3.30. The molecule has 0 aliphatic carbocycles. The van der Waals surface area contributed by atoms with E-state index in [0.717, 1.165) is 10.5 Å². The molecule has 0 aromatic carbocycles. The molecule has 0 aromatic heterocycles. The van der Waals surface area contributed by atoms with Crippen molar-refractivity contribution in [3.63, 3.8) is 0 Å². The van der Waals surface area contributed by atoms with Gasteiger partial charge in [-0.05, 0) is 12.8 Å². The van der Waals surface area contributed by atoms with Crippen LogP contribution in [-0.4, -0.2) is 16.3 Å². The Morgan fingerprint density at radius 2 is 2.38 bits per heavy atom. The lowest BCUT2D eigenvalue weighted by atomic mass is 10.1. The van der Waals surface area contributed by atoms with Crippen molar-refractivity contribution in [3.8, 4) is 0 Å². The van der Waals surface area contributed by atoms with Crippen LogP contribution in [0.1, 0.15) is 26.2 Å². The van der Waals surface area contributed by atoms with Crippen LogP contribution in [0.15, 0.2) is 11.0 Å². The summed E-state index contributed by atoms with van der Waals surface area (Å²) in [4.78, 5) is 1.64. The van der Waals surface area contributed by atoms with Crippen molar-refractivity contribution in [1.29, 1.82) is 0 Å². The average molecular weight is 250 g/mol. The van der Waals surface area contributed by atoms with E-state index in [1.165, 1.54) is 25.0 Å². The highest BCUT2D eigenvalue weighted by Gasteiger charge is 2.29. The van der Waals surface area contributed by atoms with Gasteiger partial charge in [-0.3, -0.25) is 0 Å². The Bertz CT molecular complexity index is 202. The van der Waals surface area contributed by atoms with Crippen molar-refractivity contribution in [2.45, 2.75) is 36.7 Å². The zero-order chi connectivity index (χ0) is 9.10. The van der Waals surface area contributed by atoms with Crippen LogP contribution in [0.25, 0.3) is 0 Å². The zero-order valence-corrected chi connectivity index (χ0v) is 11.0. The molecule has 13 heavy (non-hydrogen) atoms. The van der Waals surface area contributed by atoms with Crippen molar-refractivity contribution in [3.05, 3.63) is 11.0 Å². The zero-order valence-electron chi connectivity index (χ0n) is 7.69. The third kappa shape index (κ3) is 2.80. The first-order valence-corrected chi connectivity index (χ1v) is 9.31. The van der Waals surface area contributed by atoms with Crippen LogP contribution < -0.4 is 0 Å². The predicted molar refractivity (Wildman–Crippen MR) is 70.4 cm³/mol. The molecule has 74 valence electrons. The summed E-state index contributed by atoms with van der Waals surface area (Å²) in [6.07, 6.45) is 6.57. The fourth-order valence-corrected chi connectivity index (χ4v) is 7.95. The van der Waals surface area contributed by atoms with Gasteiger partial charge in [0.1, 0.15) is 0 Å². The molecular weight excluding hydrogens is 236 g/mol. The smallest absolute Gasteiger partial charge is 0.0477 e. The molecule has 0 saturated carbocycles. The van der Waals surface area contributed by atoms with Crippen LogP contribution in [-0.2, 0) is 0 Å². The summed E-state index contributed by atoms with van der Waals surface area (Å²) in [7, 11) is 8.21. The maximum absolute atomic E-state index is 2.42. The molecule has 2 aliphatic heterocycles. The van der Waals surface area contributed by atoms with Crippen molar-refractivity contribution in [1.82, 2.24) is 0 Å². The average Bonchev–Trinajstić information content (AvgIpc) is 2.70. The van der Waals surface area contributed by atoms with Gasteiger partial charge in [-0.1, -0.05) is 62.6 Å². The van der Waals surface area contributed by atoms with Gasteiger partial charge >= 0.3 is 0 Å². The van der Waals surface area contributed by atoms with E-state index in [4.69, 9.17) is 0 Å². The van der Waals surface area contributed by atoms with Crippen LogP contribution in [0.5, 0.6) is 0 Å². The Balaban J connectivity index is 1.83. The molecule has 0 radical (unpaired) electrons. The lowest BCUT2D eigenvalue weighted by molar-refractivity contribution is 0.706. The third-order valence-electron chi connectivity index (χ3n) is 2.22.